The highest BCUT2D eigenvalue weighted by Gasteiger charge is 2.45. The maximum absolute atomic E-state index is 15.4. The molecule has 0 spiro atoms. The topological polar surface area (TPSA) is 98.4 Å². The summed E-state index contributed by atoms with van der Waals surface area (Å²) in [5.41, 5.74) is 5.22. The van der Waals surface area contributed by atoms with Crippen molar-refractivity contribution < 1.29 is 18.6 Å². The Kier molecular flexibility index (Phi) is 11.4. The summed E-state index contributed by atoms with van der Waals surface area (Å²) >= 11 is 6.97. The smallest absolute Gasteiger partial charge is 0.350 e. The molecule has 3 aliphatic heterocycles. The van der Waals surface area contributed by atoms with Crippen LogP contribution in [-0.4, -0.2) is 71.1 Å². The maximum Gasteiger partial charge on any atom is 0.350 e. The average Bonchev–Trinajstić information content (AvgIpc) is 3.77. The van der Waals surface area contributed by atoms with Gasteiger partial charge in [0.25, 0.3) is 0 Å². The molecule has 0 saturated carbocycles. The molecule has 53 heavy (non-hydrogen) atoms. The van der Waals surface area contributed by atoms with E-state index < -0.39 is 5.79 Å². The number of aryl methyl sites for hydroxylation is 1. The van der Waals surface area contributed by atoms with Crippen LogP contribution in [-0.2, 0) is 15.3 Å². The van der Waals surface area contributed by atoms with Crippen molar-refractivity contribution in [2.24, 2.45) is 4.99 Å². The maximum atomic E-state index is 15.4. The Morgan fingerprint density at radius 1 is 1.00 bits per heavy atom. The number of aliphatic imine (C=N–C) groups is 1. The van der Waals surface area contributed by atoms with E-state index in [1.807, 2.05) is 51.1 Å². The number of rotatable bonds is 12. The predicted molar refractivity (Wildman–Crippen MR) is 212 cm³/mol. The van der Waals surface area contributed by atoms with Crippen molar-refractivity contribution in [1.82, 2.24) is 19.7 Å². The molecule has 0 bridgehead atoms. The molecule has 14 heteroatoms. The Morgan fingerprint density at radius 2 is 1.66 bits per heavy atom. The number of amidine groups is 1. The fraction of sp³-hybridized carbons (Fsp3) is 0.410. The minimum atomic E-state index is -1.24. The minimum absolute atomic E-state index is 0.0597. The molecule has 11 nitrogen and oxygen atoms in total. The third-order valence-corrected chi connectivity index (χ3v) is 11.4. The van der Waals surface area contributed by atoms with Gasteiger partial charge in [0.2, 0.25) is 0 Å². The van der Waals surface area contributed by atoms with E-state index in [-0.39, 0.29) is 36.9 Å². The summed E-state index contributed by atoms with van der Waals surface area (Å²) in [6.45, 7) is 10.5. The summed E-state index contributed by atoms with van der Waals surface area (Å²) in [5, 5.41) is 7.44. The van der Waals surface area contributed by atoms with Gasteiger partial charge in [-0.15, -0.1) is 0 Å². The van der Waals surface area contributed by atoms with Gasteiger partial charge in [0.05, 0.1) is 29.5 Å². The number of nitrogens with one attached hydrogen (secondary N) is 1. The van der Waals surface area contributed by atoms with E-state index in [1.165, 1.54) is 10.7 Å². The minimum Gasteiger partial charge on any atom is -0.491 e. The Balaban J connectivity index is 0.925. The highest BCUT2D eigenvalue weighted by molar-refractivity contribution is 9.18. The Hall–Kier alpha value is -3.98. The molecule has 4 aromatic rings. The number of benzene rings is 3. The molecule has 3 unspecified atom stereocenters. The van der Waals surface area contributed by atoms with E-state index in [0.717, 1.165) is 71.2 Å². The molecule has 1 N–H and O–H groups in total. The molecular weight excluding hydrogens is 809 g/mol. The second-order valence-electron chi connectivity index (χ2n) is 13.7. The lowest BCUT2D eigenvalue weighted by Gasteiger charge is -2.37. The first-order valence-corrected chi connectivity index (χ1v) is 19.6. The van der Waals surface area contributed by atoms with E-state index in [4.69, 9.17) is 14.2 Å². The fourth-order valence-electron chi connectivity index (χ4n) is 6.90. The van der Waals surface area contributed by atoms with Crippen LogP contribution < -0.4 is 25.5 Å². The van der Waals surface area contributed by atoms with Crippen LogP contribution in [0.4, 0.5) is 15.8 Å². The molecule has 3 aromatic carbocycles. The molecule has 2 fully saturated rings. The van der Waals surface area contributed by atoms with Gasteiger partial charge in [0.1, 0.15) is 30.6 Å². The van der Waals surface area contributed by atoms with Crippen molar-refractivity contribution >= 4 is 48.0 Å². The number of hydrogen-bond donors (Lipinski definition) is 1. The van der Waals surface area contributed by atoms with Gasteiger partial charge in [-0.2, -0.15) is 5.10 Å². The molecule has 280 valence electrons. The summed E-state index contributed by atoms with van der Waals surface area (Å²) in [7, 11) is 0. The van der Waals surface area contributed by atoms with E-state index in [2.05, 4.69) is 81.3 Å². The summed E-state index contributed by atoms with van der Waals surface area (Å²) in [6.07, 6.45) is 3.07. The van der Waals surface area contributed by atoms with Gasteiger partial charge in [-0.1, -0.05) is 19.1 Å². The van der Waals surface area contributed by atoms with Gasteiger partial charge in [0.15, 0.2) is 10.5 Å². The van der Waals surface area contributed by atoms with Crippen molar-refractivity contribution in [3.8, 4) is 11.4 Å². The van der Waals surface area contributed by atoms with E-state index >= 15 is 4.39 Å². The van der Waals surface area contributed by atoms with Gasteiger partial charge in [0, 0.05) is 49.5 Å². The van der Waals surface area contributed by atoms with Gasteiger partial charge >= 0.3 is 5.69 Å². The van der Waals surface area contributed by atoms with Gasteiger partial charge < -0.3 is 29.3 Å². The fourth-order valence-corrected chi connectivity index (χ4v) is 8.00. The van der Waals surface area contributed by atoms with E-state index in [0.29, 0.717) is 29.7 Å². The van der Waals surface area contributed by atoms with Crippen molar-refractivity contribution in [2.45, 2.75) is 58.0 Å². The SMILES string of the molecule is CCC(C)n1ncn(-c2ccc(N3CCN(c4ccc(OCC5COC(CCC6=C(Br)NC(Br)=NC6)(c6ccc(C)cc6F)O5)cc4)CC3)cc2)c1=O. The molecule has 7 rings (SSSR count). The van der Waals surface area contributed by atoms with Crippen LogP contribution in [0, 0.1) is 12.7 Å². The van der Waals surface area contributed by atoms with Crippen LogP contribution in [0.1, 0.15) is 50.3 Å². The van der Waals surface area contributed by atoms with Crippen molar-refractivity contribution in [1.29, 1.82) is 0 Å². The number of hydrogen-bond acceptors (Lipinski definition) is 9. The number of halogens is 3. The van der Waals surface area contributed by atoms with Crippen LogP contribution in [0.5, 0.6) is 5.75 Å². The first kappa shape index (κ1) is 37.3. The van der Waals surface area contributed by atoms with Crippen LogP contribution >= 0.6 is 31.9 Å². The first-order valence-electron chi connectivity index (χ1n) is 18.0. The van der Waals surface area contributed by atoms with Crippen molar-refractivity contribution in [3.05, 3.63) is 111 Å². The third kappa shape index (κ3) is 8.25. The standard InChI is InChI=1S/C39H44Br2FN7O4/c1-4-27(3)49-38(50)48(25-44-49)31-8-6-29(7-9-31)46-17-19-47(20-18-46)30-10-12-32(13-11-30)51-23-33-24-52-39(53-33,34-14-5-26(2)21-35(34)42)16-15-28-22-43-37(41)45-36(28)40/h5-14,21,25,27,33H,4,15-20,22-24H2,1-3H3,(H,43,45). The number of nitrogens with zero attached hydrogens (tertiary/aromatic N) is 6. The molecular formula is C39H44Br2FN7O4. The van der Waals surface area contributed by atoms with Crippen LogP contribution in [0.3, 0.4) is 0 Å². The van der Waals surface area contributed by atoms with Crippen molar-refractivity contribution in [2.75, 3.05) is 55.7 Å². The third-order valence-electron chi connectivity index (χ3n) is 10.2. The largest absolute Gasteiger partial charge is 0.491 e. The quantitative estimate of drug-likeness (QED) is 0.150. The monoisotopic (exact) mass is 851 g/mol. The Bertz CT molecular complexity index is 2030. The second-order valence-corrected chi connectivity index (χ2v) is 15.3. The lowest BCUT2D eigenvalue weighted by Crippen LogP contribution is -2.46. The number of aromatic nitrogens is 3. The Morgan fingerprint density at radius 3 is 2.30 bits per heavy atom. The first-order chi connectivity index (χ1) is 25.6. The van der Waals surface area contributed by atoms with Gasteiger partial charge in [-0.25, -0.2) is 18.4 Å². The van der Waals surface area contributed by atoms with Crippen LogP contribution in [0.25, 0.3) is 5.69 Å². The molecule has 2 saturated heterocycles. The lowest BCUT2D eigenvalue weighted by atomic mass is 9.96. The molecule has 3 atom stereocenters. The van der Waals surface area contributed by atoms with E-state index in [1.54, 1.807) is 17.0 Å². The molecule has 0 amide bonds. The second kappa shape index (κ2) is 16.2. The Labute approximate surface area is 325 Å². The zero-order valence-corrected chi connectivity index (χ0v) is 33.3. The predicted octanol–water partition coefficient (Wildman–Crippen LogP) is 7.17. The molecule has 4 heterocycles. The van der Waals surface area contributed by atoms with Crippen molar-refractivity contribution in [3.63, 3.8) is 0 Å². The number of anilines is 2. The van der Waals surface area contributed by atoms with Gasteiger partial charge in [-0.05, 0) is 124 Å². The highest BCUT2D eigenvalue weighted by atomic mass is 79.9. The zero-order chi connectivity index (χ0) is 37.1. The molecule has 0 aliphatic carbocycles. The summed E-state index contributed by atoms with van der Waals surface area (Å²) < 4.78 is 39.0. The zero-order valence-electron chi connectivity index (χ0n) is 30.1. The van der Waals surface area contributed by atoms with Crippen LogP contribution in [0.15, 0.2) is 93.0 Å². The van der Waals surface area contributed by atoms with E-state index in [9.17, 15) is 4.79 Å². The van der Waals surface area contributed by atoms with Crippen LogP contribution in [0.2, 0.25) is 0 Å². The number of piperazine rings is 1. The van der Waals surface area contributed by atoms with Gasteiger partial charge in [-0.3, -0.25) is 4.99 Å². The normalized spacial score (nSPS) is 21.1. The molecule has 0 radical (unpaired) electrons. The summed E-state index contributed by atoms with van der Waals surface area (Å²) in [4.78, 5) is 22.0. The number of ether oxygens (including phenoxy) is 3. The molecule has 3 aliphatic rings. The average molecular weight is 854 g/mol. The highest BCUT2D eigenvalue weighted by Crippen LogP contribution is 2.41. The molecule has 1 aromatic heterocycles. The summed E-state index contributed by atoms with van der Waals surface area (Å²) in [6, 6.07) is 21.4. The lowest BCUT2D eigenvalue weighted by molar-refractivity contribution is -0.185. The summed E-state index contributed by atoms with van der Waals surface area (Å²) in [5.74, 6) is -0.861.